The van der Waals surface area contributed by atoms with Crippen LogP contribution in [0.5, 0.6) is 11.5 Å². The maximum atomic E-state index is 12.6. The maximum absolute atomic E-state index is 12.6. The third-order valence-corrected chi connectivity index (χ3v) is 4.92. The van der Waals surface area contributed by atoms with Crippen LogP contribution >= 0.6 is 31.9 Å². The molecule has 1 N–H and O–H groups in total. The molecule has 2 aromatic rings. The molecule has 6 heteroatoms. The standard InChI is InChI=1S/C19H21Br2NO3/c1-4-8-25-18-16(21)10-13(11-17(18)24-5-2)19(23)22-14-6-7-15(20)12(3)9-14/h6-7,9-11H,4-5,8H2,1-3H3,(H,22,23). The van der Waals surface area contributed by atoms with Crippen LogP contribution in [0, 0.1) is 6.92 Å². The van der Waals surface area contributed by atoms with Gasteiger partial charge in [0, 0.05) is 15.7 Å². The van der Waals surface area contributed by atoms with Crippen molar-refractivity contribution >= 4 is 43.5 Å². The summed E-state index contributed by atoms with van der Waals surface area (Å²) in [6.07, 6.45) is 0.892. The molecule has 0 aliphatic carbocycles. The molecule has 0 aliphatic rings. The topological polar surface area (TPSA) is 47.6 Å². The summed E-state index contributed by atoms with van der Waals surface area (Å²) < 4.78 is 13.1. The van der Waals surface area contributed by atoms with Crippen molar-refractivity contribution < 1.29 is 14.3 Å². The van der Waals surface area contributed by atoms with Crippen molar-refractivity contribution in [2.45, 2.75) is 27.2 Å². The number of rotatable bonds is 7. The molecule has 2 rings (SSSR count). The van der Waals surface area contributed by atoms with Crippen LogP contribution in [0.2, 0.25) is 0 Å². The molecule has 0 radical (unpaired) electrons. The number of nitrogens with one attached hydrogen (secondary N) is 1. The minimum Gasteiger partial charge on any atom is -0.490 e. The molecule has 1 amide bonds. The molecule has 0 heterocycles. The van der Waals surface area contributed by atoms with Gasteiger partial charge in [0.2, 0.25) is 0 Å². The van der Waals surface area contributed by atoms with Crippen molar-refractivity contribution in [3.05, 3.63) is 50.4 Å². The predicted molar refractivity (Wildman–Crippen MR) is 108 cm³/mol. The van der Waals surface area contributed by atoms with Crippen molar-refractivity contribution in [3.8, 4) is 11.5 Å². The molecule has 25 heavy (non-hydrogen) atoms. The molecule has 0 aromatic heterocycles. The Morgan fingerprint density at radius 3 is 2.48 bits per heavy atom. The number of hydrogen-bond donors (Lipinski definition) is 1. The zero-order valence-electron chi connectivity index (χ0n) is 14.5. The first-order valence-electron chi connectivity index (χ1n) is 8.12. The second kappa shape index (κ2) is 9.25. The number of carbonyl (C=O) groups excluding carboxylic acids is 1. The molecule has 0 aliphatic heterocycles. The van der Waals surface area contributed by atoms with Crippen LogP contribution in [0.15, 0.2) is 39.3 Å². The highest BCUT2D eigenvalue weighted by Crippen LogP contribution is 2.37. The summed E-state index contributed by atoms with van der Waals surface area (Å²) in [5.41, 5.74) is 2.29. The van der Waals surface area contributed by atoms with Gasteiger partial charge >= 0.3 is 0 Å². The van der Waals surface area contributed by atoms with E-state index in [4.69, 9.17) is 9.47 Å². The van der Waals surface area contributed by atoms with Gasteiger partial charge in [-0.25, -0.2) is 0 Å². The summed E-state index contributed by atoms with van der Waals surface area (Å²) in [6.45, 7) is 6.99. The number of hydrogen-bond acceptors (Lipinski definition) is 3. The van der Waals surface area contributed by atoms with E-state index in [-0.39, 0.29) is 5.91 Å². The van der Waals surface area contributed by atoms with Gasteiger partial charge < -0.3 is 14.8 Å². The van der Waals surface area contributed by atoms with E-state index < -0.39 is 0 Å². The van der Waals surface area contributed by atoms with Crippen LogP contribution in [0.4, 0.5) is 5.69 Å². The Kier molecular flexibility index (Phi) is 7.32. The van der Waals surface area contributed by atoms with Gasteiger partial charge in [0.1, 0.15) is 0 Å². The fourth-order valence-corrected chi connectivity index (χ4v) is 3.04. The summed E-state index contributed by atoms with van der Waals surface area (Å²) in [4.78, 5) is 12.6. The number of carbonyl (C=O) groups is 1. The monoisotopic (exact) mass is 469 g/mol. The quantitative estimate of drug-likeness (QED) is 0.543. The molecule has 0 saturated heterocycles. The van der Waals surface area contributed by atoms with E-state index in [0.717, 1.165) is 22.1 Å². The molecule has 134 valence electrons. The van der Waals surface area contributed by atoms with Gasteiger partial charge in [0.15, 0.2) is 11.5 Å². The van der Waals surface area contributed by atoms with Gasteiger partial charge in [-0.2, -0.15) is 0 Å². The zero-order chi connectivity index (χ0) is 18.4. The number of benzene rings is 2. The Balaban J connectivity index is 2.27. The Labute approximate surface area is 165 Å². The Bertz CT molecular complexity index is 763. The normalized spacial score (nSPS) is 10.4. The molecule has 0 unspecified atom stereocenters. The lowest BCUT2D eigenvalue weighted by atomic mass is 10.1. The molecule has 0 saturated carbocycles. The van der Waals surface area contributed by atoms with Crippen LogP contribution in [0.3, 0.4) is 0 Å². The smallest absolute Gasteiger partial charge is 0.255 e. The predicted octanol–water partition coefficient (Wildman–Crippen LogP) is 5.96. The molecule has 2 aromatic carbocycles. The summed E-state index contributed by atoms with van der Waals surface area (Å²) in [5, 5.41) is 2.91. The first-order valence-corrected chi connectivity index (χ1v) is 9.71. The maximum Gasteiger partial charge on any atom is 0.255 e. The first kappa shape index (κ1) is 19.8. The summed E-state index contributed by atoms with van der Waals surface area (Å²) >= 11 is 6.94. The summed E-state index contributed by atoms with van der Waals surface area (Å²) in [6, 6.07) is 9.13. The van der Waals surface area contributed by atoms with Crippen molar-refractivity contribution in [2.75, 3.05) is 18.5 Å². The highest BCUT2D eigenvalue weighted by molar-refractivity contribution is 9.10. The third kappa shape index (κ3) is 5.22. The van der Waals surface area contributed by atoms with Gasteiger partial charge in [-0.05, 0) is 72.1 Å². The molecular formula is C19H21Br2NO3. The van der Waals surface area contributed by atoms with E-state index in [1.165, 1.54) is 0 Å². The number of anilines is 1. The highest BCUT2D eigenvalue weighted by Gasteiger charge is 2.16. The Morgan fingerprint density at radius 2 is 1.84 bits per heavy atom. The van der Waals surface area contributed by atoms with Gasteiger partial charge in [0.05, 0.1) is 17.7 Å². The minimum absolute atomic E-state index is 0.203. The summed E-state index contributed by atoms with van der Waals surface area (Å²) in [7, 11) is 0. The van der Waals surface area contributed by atoms with Gasteiger partial charge in [-0.15, -0.1) is 0 Å². The first-order chi connectivity index (χ1) is 12.0. The second-order valence-electron chi connectivity index (χ2n) is 5.48. The third-order valence-electron chi connectivity index (χ3n) is 3.44. The van der Waals surface area contributed by atoms with E-state index >= 15 is 0 Å². The fourth-order valence-electron chi connectivity index (χ4n) is 2.23. The SMILES string of the molecule is CCCOc1c(Br)cc(C(=O)Nc2ccc(Br)c(C)c2)cc1OCC. The molecule has 0 spiro atoms. The minimum atomic E-state index is -0.203. The van der Waals surface area contributed by atoms with E-state index in [2.05, 4.69) is 37.2 Å². The van der Waals surface area contributed by atoms with Crippen LogP contribution in [-0.2, 0) is 0 Å². The van der Waals surface area contributed by atoms with Crippen molar-refractivity contribution in [3.63, 3.8) is 0 Å². The molecule has 0 fully saturated rings. The molecular weight excluding hydrogens is 450 g/mol. The summed E-state index contributed by atoms with van der Waals surface area (Å²) in [5.74, 6) is 0.979. The highest BCUT2D eigenvalue weighted by atomic mass is 79.9. The molecule has 0 atom stereocenters. The Morgan fingerprint density at radius 1 is 1.08 bits per heavy atom. The average Bonchev–Trinajstić information content (AvgIpc) is 2.57. The number of ether oxygens (including phenoxy) is 2. The van der Waals surface area contributed by atoms with Crippen molar-refractivity contribution in [2.24, 2.45) is 0 Å². The second-order valence-corrected chi connectivity index (χ2v) is 7.19. The van der Waals surface area contributed by atoms with Crippen LogP contribution < -0.4 is 14.8 Å². The lowest BCUT2D eigenvalue weighted by molar-refractivity contribution is 0.102. The lowest BCUT2D eigenvalue weighted by Crippen LogP contribution is -2.13. The van der Waals surface area contributed by atoms with Crippen LogP contribution in [-0.4, -0.2) is 19.1 Å². The van der Waals surface area contributed by atoms with E-state index in [1.54, 1.807) is 12.1 Å². The number of amides is 1. The van der Waals surface area contributed by atoms with E-state index in [9.17, 15) is 4.79 Å². The molecule has 0 bridgehead atoms. The lowest BCUT2D eigenvalue weighted by Gasteiger charge is -2.15. The zero-order valence-corrected chi connectivity index (χ0v) is 17.7. The van der Waals surface area contributed by atoms with Gasteiger partial charge in [-0.3, -0.25) is 4.79 Å². The van der Waals surface area contributed by atoms with Crippen molar-refractivity contribution in [1.29, 1.82) is 0 Å². The van der Waals surface area contributed by atoms with Gasteiger partial charge in [-0.1, -0.05) is 22.9 Å². The van der Waals surface area contributed by atoms with Crippen molar-refractivity contribution in [1.82, 2.24) is 0 Å². The number of aryl methyl sites for hydroxylation is 1. The average molecular weight is 471 g/mol. The molecule has 4 nitrogen and oxygen atoms in total. The van der Waals surface area contributed by atoms with E-state index in [1.807, 2.05) is 39.0 Å². The largest absolute Gasteiger partial charge is 0.490 e. The Hall–Kier alpha value is -1.53. The van der Waals surface area contributed by atoms with Crippen LogP contribution in [0.25, 0.3) is 0 Å². The fraction of sp³-hybridized carbons (Fsp3) is 0.316. The van der Waals surface area contributed by atoms with Gasteiger partial charge in [0.25, 0.3) is 5.91 Å². The number of halogens is 2. The van der Waals surface area contributed by atoms with E-state index in [0.29, 0.717) is 34.7 Å². The van der Waals surface area contributed by atoms with Crippen LogP contribution in [0.1, 0.15) is 36.2 Å².